The maximum Gasteiger partial charge on any atom is 0.137 e. The number of allylic oxidation sites excluding steroid dienone is 5. The molecule has 0 saturated heterocycles. The molecule has 3 aliphatic heterocycles. The Morgan fingerprint density at radius 3 is 2.28 bits per heavy atom. The first kappa shape index (κ1) is 15.5. The van der Waals surface area contributed by atoms with Crippen molar-refractivity contribution in [3.05, 3.63) is 57.9 Å². The molecule has 4 heteroatoms. The van der Waals surface area contributed by atoms with Crippen LogP contribution in [0.25, 0.3) is 5.76 Å². The summed E-state index contributed by atoms with van der Waals surface area (Å²) in [7, 11) is 0. The smallest absolute Gasteiger partial charge is 0.137 e. The van der Waals surface area contributed by atoms with E-state index in [0.717, 1.165) is 37.3 Å². The normalized spacial score (nSPS) is 18.2. The molecule has 0 atom stereocenters. The first-order valence-corrected chi connectivity index (χ1v) is 8.73. The molecule has 0 spiro atoms. The summed E-state index contributed by atoms with van der Waals surface area (Å²) >= 11 is 0. The second kappa shape index (κ2) is 6.15. The third-order valence-electron chi connectivity index (χ3n) is 5.05. The molecule has 4 rings (SSSR count). The largest absolute Gasteiger partial charge is 0.461 e. The molecule has 1 aromatic carbocycles. The van der Waals surface area contributed by atoms with E-state index < -0.39 is 0 Å². The van der Waals surface area contributed by atoms with E-state index in [-0.39, 0.29) is 5.57 Å². The molecule has 0 N–H and O–H groups in total. The predicted molar refractivity (Wildman–Crippen MR) is 96.4 cm³/mol. The van der Waals surface area contributed by atoms with Crippen LogP contribution in [0.5, 0.6) is 0 Å². The second-order valence-corrected chi connectivity index (χ2v) is 6.76. The fraction of sp³-hybridized carbons (Fsp3) is 0.333. The van der Waals surface area contributed by atoms with E-state index >= 15 is 0 Å². The second-order valence-electron chi connectivity index (χ2n) is 6.76. The summed E-state index contributed by atoms with van der Waals surface area (Å²) in [5.74, 6) is 1.42. The highest BCUT2D eigenvalue weighted by atomic mass is 16.5. The molecule has 4 nitrogen and oxygen atoms in total. The van der Waals surface area contributed by atoms with Gasteiger partial charge in [-0.2, -0.15) is 10.5 Å². The van der Waals surface area contributed by atoms with E-state index in [2.05, 4.69) is 17.0 Å². The molecule has 0 unspecified atom stereocenters. The van der Waals surface area contributed by atoms with Gasteiger partial charge in [-0.25, -0.2) is 0 Å². The topological polar surface area (TPSA) is 60.0 Å². The van der Waals surface area contributed by atoms with Crippen LogP contribution in [0.15, 0.2) is 41.2 Å². The maximum atomic E-state index is 9.16. The molecule has 25 heavy (non-hydrogen) atoms. The van der Waals surface area contributed by atoms with Gasteiger partial charge in [-0.1, -0.05) is 0 Å². The number of nitrogens with zero attached hydrogens (tertiary/aromatic N) is 3. The third kappa shape index (κ3) is 2.71. The van der Waals surface area contributed by atoms with Crippen LogP contribution in [-0.4, -0.2) is 13.1 Å². The fourth-order valence-corrected chi connectivity index (χ4v) is 4.02. The van der Waals surface area contributed by atoms with Crippen molar-refractivity contribution in [1.29, 1.82) is 10.5 Å². The molecule has 3 aliphatic rings. The number of aryl methyl sites for hydroxylation is 2. The van der Waals surface area contributed by atoms with Crippen molar-refractivity contribution in [3.63, 3.8) is 0 Å². The van der Waals surface area contributed by atoms with Gasteiger partial charge in [0.2, 0.25) is 0 Å². The average Bonchev–Trinajstić information content (AvgIpc) is 2.63. The molecule has 0 saturated carbocycles. The molecule has 0 radical (unpaired) electrons. The molecular weight excluding hydrogens is 310 g/mol. The Balaban J connectivity index is 1.82. The fourth-order valence-electron chi connectivity index (χ4n) is 4.02. The quantitative estimate of drug-likeness (QED) is 0.731. The summed E-state index contributed by atoms with van der Waals surface area (Å²) in [6, 6.07) is 8.38. The zero-order valence-electron chi connectivity index (χ0n) is 14.3. The monoisotopic (exact) mass is 329 g/mol. The maximum absolute atomic E-state index is 9.16. The number of rotatable bonds is 1. The van der Waals surface area contributed by atoms with Crippen LogP contribution >= 0.6 is 0 Å². The van der Waals surface area contributed by atoms with Crippen LogP contribution in [0.4, 0.5) is 5.69 Å². The lowest BCUT2D eigenvalue weighted by molar-refractivity contribution is 0.380. The average molecular weight is 329 g/mol. The van der Waals surface area contributed by atoms with Gasteiger partial charge in [-0.15, -0.1) is 0 Å². The number of hydrogen-bond acceptors (Lipinski definition) is 4. The van der Waals surface area contributed by atoms with Gasteiger partial charge in [0.15, 0.2) is 0 Å². The van der Waals surface area contributed by atoms with Gasteiger partial charge in [0.05, 0.1) is 0 Å². The highest BCUT2D eigenvalue weighted by molar-refractivity contribution is 5.74. The Labute approximate surface area is 147 Å². The van der Waals surface area contributed by atoms with Crippen molar-refractivity contribution in [2.45, 2.75) is 32.6 Å². The van der Waals surface area contributed by atoms with Gasteiger partial charge in [-0.05, 0) is 68.0 Å². The van der Waals surface area contributed by atoms with Gasteiger partial charge in [0.25, 0.3) is 0 Å². The molecule has 1 aromatic rings. The minimum atomic E-state index is 0.116. The van der Waals surface area contributed by atoms with E-state index in [0.29, 0.717) is 11.3 Å². The lowest BCUT2D eigenvalue weighted by Crippen LogP contribution is -2.34. The first-order chi connectivity index (χ1) is 12.2. The van der Waals surface area contributed by atoms with E-state index in [9.17, 15) is 0 Å². The van der Waals surface area contributed by atoms with Crippen molar-refractivity contribution in [2.75, 3.05) is 18.0 Å². The van der Waals surface area contributed by atoms with Gasteiger partial charge in [0.1, 0.15) is 29.2 Å². The van der Waals surface area contributed by atoms with Crippen molar-refractivity contribution in [3.8, 4) is 12.1 Å². The SMILES string of the molecule is CC1=CC(=C(C#N)C#N)C=C(c2cc3c4c(c2)CCCN4CCC3)O1. The van der Waals surface area contributed by atoms with E-state index in [4.69, 9.17) is 15.3 Å². The van der Waals surface area contributed by atoms with Gasteiger partial charge in [0, 0.05) is 29.9 Å². The number of anilines is 1. The molecule has 0 aliphatic carbocycles. The van der Waals surface area contributed by atoms with Crippen molar-refractivity contribution in [2.24, 2.45) is 0 Å². The number of ether oxygens (including phenoxy) is 1. The minimum absolute atomic E-state index is 0.116. The predicted octanol–water partition coefficient (Wildman–Crippen LogP) is 4.00. The summed E-state index contributed by atoms with van der Waals surface area (Å²) in [5.41, 5.74) is 5.98. The lowest BCUT2D eigenvalue weighted by Gasteiger charge is -2.37. The zero-order chi connectivity index (χ0) is 17.4. The van der Waals surface area contributed by atoms with E-state index in [1.807, 2.05) is 25.1 Å². The molecule has 0 aromatic heterocycles. The summed E-state index contributed by atoms with van der Waals surface area (Å²) in [6.45, 7) is 4.16. The molecular formula is C21H19N3O. The number of benzene rings is 1. The van der Waals surface area contributed by atoms with Gasteiger partial charge in [-0.3, -0.25) is 0 Å². The van der Waals surface area contributed by atoms with Crippen LogP contribution in [0.1, 0.15) is 36.5 Å². The summed E-state index contributed by atoms with van der Waals surface area (Å²) in [5, 5.41) is 18.3. The van der Waals surface area contributed by atoms with Crippen molar-refractivity contribution < 1.29 is 4.74 Å². The Bertz CT molecular complexity index is 874. The Morgan fingerprint density at radius 2 is 1.68 bits per heavy atom. The molecule has 124 valence electrons. The summed E-state index contributed by atoms with van der Waals surface area (Å²) < 4.78 is 5.93. The van der Waals surface area contributed by atoms with Crippen molar-refractivity contribution >= 4 is 11.4 Å². The zero-order valence-corrected chi connectivity index (χ0v) is 14.3. The Morgan fingerprint density at radius 1 is 1.04 bits per heavy atom. The summed E-state index contributed by atoms with van der Waals surface area (Å²) in [6.07, 6.45) is 8.13. The third-order valence-corrected chi connectivity index (χ3v) is 5.05. The lowest BCUT2D eigenvalue weighted by atomic mass is 9.89. The molecule has 0 fully saturated rings. The Hall–Kier alpha value is -2.98. The van der Waals surface area contributed by atoms with E-state index in [1.165, 1.54) is 29.7 Å². The van der Waals surface area contributed by atoms with Crippen LogP contribution in [0, 0.1) is 22.7 Å². The van der Waals surface area contributed by atoms with Crippen LogP contribution in [-0.2, 0) is 17.6 Å². The van der Waals surface area contributed by atoms with Crippen LogP contribution < -0.4 is 4.90 Å². The van der Waals surface area contributed by atoms with E-state index in [1.54, 1.807) is 6.08 Å². The number of nitriles is 2. The number of hydrogen-bond donors (Lipinski definition) is 0. The molecule has 3 heterocycles. The molecule has 0 amide bonds. The van der Waals surface area contributed by atoms with Crippen molar-refractivity contribution in [1.82, 2.24) is 0 Å². The van der Waals surface area contributed by atoms with Gasteiger partial charge >= 0.3 is 0 Å². The standard InChI is InChI=1S/C21H19N3O/c1-14-8-17(19(12-22)13-23)11-20(25-14)18-9-15-4-2-6-24-7-3-5-16(10-18)21(15)24/h8-11H,2-7H2,1H3. The van der Waals surface area contributed by atoms with Gasteiger partial charge < -0.3 is 9.64 Å². The minimum Gasteiger partial charge on any atom is -0.461 e. The molecule has 0 bridgehead atoms. The highest BCUT2D eigenvalue weighted by Gasteiger charge is 2.25. The first-order valence-electron chi connectivity index (χ1n) is 8.73. The Kier molecular flexibility index (Phi) is 3.82. The highest BCUT2D eigenvalue weighted by Crippen LogP contribution is 2.39. The summed E-state index contributed by atoms with van der Waals surface area (Å²) in [4.78, 5) is 2.51. The van der Waals surface area contributed by atoms with Crippen LogP contribution in [0.2, 0.25) is 0 Å². The van der Waals surface area contributed by atoms with Crippen LogP contribution in [0.3, 0.4) is 0 Å².